The molecule has 0 spiro atoms. The van der Waals surface area contributed by atoms with Crippen molar-refractivity contribution in [2.75, 3.05) is 18.0 Å². The summed E-state index contributed by atoms with van der Waals surface area (Å²) < 4.78 is 1.89. The number of hydrogen-bond donors (Lipinski definition) is 1. The van der Waals surface area contributed by atoms with E-state index >= 15 is 0 Å². The van der Waals surface area contributed by atoms with E-state index in [-0.39, 0.29) is 0 Å². The van der Waals surface area contributed by atoms with Crippen molar-refractivity contribution in [3.8, 4) is 0 Å². The number of hydrogen-bond acceptors (Lipinski definition) is 3. The summed E-state index contributed by atoms with van der Waals surface area (Å²) in [5, 5.41) is 8.17. The molecule has 0 amide bonds. The van der Waals surface area contributed by atoms with Gasteiger partial charge in [0.15, 0.2) is 5.82 Å². The molecule has 4 nitrogen and oxygen atoms in total. The maximum absolute atomic E-state index is 4.51. The van der Waals surface area contributed by atoms with Gasteiger partial charge >= 0.3 is 0 Å². The second-order valence-corrected chi connectivity index (χ2v) is 5.20. The molecule has 88 valence electrons. The summed E-state index contributed by atoms with van der Waals surface area (Å²) in [5.74, 6) is 2.04. The number of piperazine rings is 1. The summed E-state index contributed by atoms with van der Waals surface area (Å²) >= 11 is 0. The van der Waals surface area contributed by atoms with E-state index in [2.05, 4.69) is 28.3 Å². The first-order chi connectivity index (χ1) is 7.74. The van der Waals surface area contributed by atoms with Crippen LogP contribution in [0.5, 0.6) is 0 Å². The van der Waals surface area contributed by atoms with Gasteiger partial charge in [-0.05, 0) is 25.7 Å². The van der Waals surface area contributed by atoms with Crippen molar-refractivity contribution in [2.24, 2.45) is 13.0 Å². The van der Waals surface area contributed by atoms with Crippen LogP contribution in [0.3, 0.4) is 0 Å². The molecule has 0 aromatic carbocycles. The van der Waals surface area contributed by atoms with Gasteiger partial charge in [-0.3, -0.25) is 4.68 Å². The zero-order valence-corrected chi connectivity index (χ0v) is 10.1. The van der Waals surface area contributed by atoms with Gasteiger partial charge in [-0.2, -0.15) is 5.10 Å². The number of aryl methyl sites for hydroxylation is 1. The van der Waals surface area contributed by atoms with Crippen molar-refractivity contribution in [2.45, 2.75) is 31.8 Å². The molecule has 1 N–H and O–H groups in total. The molecule has 1 saturated heterocycles. The Bertz CT molecular complexity index is 369. The van der Waals surface area contributed by atoms with Crippen LogP contribution >= 0.6 is 0 Å². The molecular weight excluding hydrogens is 200 g/mol. The molecule has 2 atom stereocenters. The summed E-state index contributed by atoms with van der Waals surface area (Å²) in [5.41, 5.74) is 0. The largest absolute Gasteiger partial charge is 0.350 e. The number of aromatic nitrogens is 2. The van der Waals surface area contributed by atoms with Gasteiger partial charge in [-0.1, -0.05) is 0 Å². The van der Waals surface area contributed by atoms with Crippen LogP contribution in [0.15, 0.2) is 12.3 Å². The molecule has 1 aliphatic heterocycles. The summed E-state index contributed by atoms with van der Waals surface area (Å²) in [6, 6.07) is 3.34. The van der Waals surface area contributed by atoms with Crippen molar-refractivity contribution >= 4 is 5.82 Å². The predicted octanol–water partition coefficient (Wildman–Crippen LogP) is 0.997. The highest BCUT2D eigenvalue weighted by Gasteiger charge is 2.36. The fourth-order valence-corrected chi connectivity index (χ4v) is 2.58. The lowest BCUT2D eigenvalue weighted by Gasteiger charge is -2.39. The van der Waals surface area contributed by atoms with Crippen LogP contribution in [-0.4, -0.2) is 35.0 Å². The monoisotopic (exact) mass is 220 g/mol. The molecule has 2 aliphatic rings. The van der Waals surface area contributed by atoms with Crippen LogP contribution in [-0.2, 0) is 7.05 Å². The van der Waals surface area contributed by atoms with E-state index in [0.29, 0.717) is 12.1 Å². The number of nitrogens with zero attached hydrogens (tertiary/aromatic N) is 3. The maximum atomic E-state index is 4.51. The SMILES string of the molecule is CC1CNC(C2CC2)CN1c1ccn(C)n1. The first-order valence-corrected chi connectivity index (χ1v) is 6.23. The number of anilines is 1. The molecule has 0 radical (unpaired) electrons. The highest BCUT2D eigenvalue weighted by molar-refractivity contribution is 5.39. The topological polar surface area (TPSA) is 33.1 Å². The second kappa shape index (κ2) is 3.77. The third-order valence-electron chi connectivity index (χ3n) is 3.79. The first-order valence-electron chi connectivity index (χ1n) is 6.23. The Hall–Kier alpha value is -1.03. The van der Waals surface area contributed by atoms with Crippen LogP contribution in [0.2, 0.25) is 0 Å². The quantitative estimate of drug-likeness (QED) is 0.807. The second-order valence-electron chi connectivity index (χ2n) is 5.20. The average Bonchev–Trinajstić information content (AvgIpc) is 3.03. The zero-order chi connectivity index (χ0) is 11.1. The Morgan fingerprint density at radius 3 is 2.88 bits per heavy atom. The van der Waals surface area contributed by atoms with Crippen molar-refractivity contribution in [3.05, 3.63) is 12.3 Å². The van der Waals surface area contributed by atoms with Crippen molar-refractivity contribution < 1.29 is 0 Å². The Balaban J connectivity index is 1.76. The molecule has 2 heterocycles. The van der Waals surface area contributed by atoms with Crippen LogP contribution < -0.4 is 10.2 Å². The van der Waals surface area contributed by atoms with Crippen molar-refractivity contribution in [3.63, 3.8) is 0 Å². The molecule has 2 unspecified atom stereocenters. The Morgan fingerprint density at radius 2 is 2.25 bits per heavy atom. The summed E-state index contributed by atoms with van der Waals surface area (Å²) in [6.07, 6.45) is 4.83. The van der Waals surface area contributed by atoms with E-state index in [4.69, 9.17) is 0 Å². The van der Waals surface area contributed by atoms with E-state index in [9.17, 15) is 0 Å². The Morgan fingerprint density at radius 1 is 1.44 bits per heavy atom. The fraction of sp³-hybridized carbons (Fsp3) is 0.750. The highest BCUT2D eigenvalue weighted by Crippen LogP contribution is 2.34. The first kappa shape index (κ1) is 10.1. The molecule has 0 bridgehead atoms. The zero-order valence-electron chi connectivity index (χ0n) is 10.1. The van der Waals surface area contributed by atoms with Gasteiger partial charge < -0.3 is 10.2 Å². The van der Waals surface area contributed by atoms with Gasteiger partial charge in [-0.25, -0.2) is 0 Å². The molecule has 1 aliphatic carbocycles. The van der Waals surface area contributed by atoms with Gasteiger partial charge in [0.2, 0.25) is 0 Å². The van der Waals surface area contributed by atoms with Gasteiger partial charge in [0.1, 0.15) is 0 Å². The lowest BCUT2D eigenvalue weighted by atomic mass is 10.1. The van der Waals surface area contributed by atoms with Crippen LogP contribution in [0, 0.1) is 5.92 Å². The summed E-state index contributed by atoms with van der Waals surface area (Å²) in [6.45, 7) is 4.46. The maximum Gasteiger partial charge on any atom is 0.150 e. The van der Waals surface area contributed by atoms with Gasteiger partial charge in [0.05, 0.1) is 0 Å². The minimum atomic E-state index is 0.546. The van der Waals surface area contributed by atoms with E-state index in [0.717, 1.165) is 24.8 Å². The van der Waals surface area contributed by atoms with Crippen LogP contribution in [0.1, 0.15) is 19.8 Å². The minimum absolute atomic E-state index is 0.546. The minimum Gasteiger partial charge on any atom is -0.350 e. The Kier molecular flexibility index (Phi) is 2.39. The van der Waals surface area contributed by atoms with Crippen LogP contribution in [0.4, 0.5) is 5.82 Å². The van der Waals surface area contributed by atoms with E-state index in [1.807, 2.05) is 17.9 Å². The summed E-state index contributed by atoms with van der Waals surface area (Å²) in [4.78, 5) is 2.44. The smallest absolute Gasteiger partial charge is 0.150 e. The van der Waals surface area contributed by atoms with Gasteiger partial charge in [-0.15, -0.1) is 0 Å². The number of rotatable bonds is 2. The Labute approximate surface area is 96.6 Å². The fourth-order valence-electron chi connectivity index (χ4n) is 2.58. The van der Waals surface area contributed by atoms with E-state index in [1.54, 1.807) is 0 Å². The van der Waals surface area contributed by atoms with Crippen molar-refractivity contribution in [1.82, 2.24) is 15.1 Å². The summed E-state index contributed by atoms with van der Waals surface area (Å²) in [7, 11) is 1.98. The van der Waals surface area contributed by atoms with Crippen molar-refractivity contribution in [1.29, 1.82) is 0 Å². The molecule has 2 fully saturated rings. The van der Waals surface area contributed by atoms with Crippen LogP contribution in [0.25, 0.3) is 0 Å². The molecular formula is C12H20N4. The van der Waals surface area contributed by atoms with Gasteiger partial charge in [0.25, 0.3) is 0 Å². The average molecular weight is 220 g/mol. The standard InChI is InChI=1S/C12H20N4/c1-9-7-13-11(10-3-4-10)8-16(9)12-5-6-15(2)14-12/h5-6,9-11,13H,3-4,7-8H2,1-2H3. The van der Waals surface area contributed by atoms with Gasteiger partial charge in [0, 0.05) is 44.5 Å². The number of nitrogens with one attached hydrogen (secondary N) is 1. The highest BCUT2D eigenvalue weighted by atomic mass is 15.4. The third kappa shape index (κ3) is 1.82. The molecule has 1 aromatic rings. The molecule has 16 heavy (non-hydrogen) atoms. The predicted molar refractivity (Wildman–Crippen MR) is 64.5 cm³/mol. The molecule has 4 heteroatoms. The lowest BCUT2D eigenvalue weighted by Crippen LogP contribution is -2.56. The van der Waals surface area contributed by atoms with E-state index < -0.39 is 0 Å². The molecule has 1 saturated carbocycles. The third-order valence-corrected chi connectivity index (χ3v) is 3.79. The van der Waals surface area contributed by atoms with E-state index in [1.165, 1.54) is 12.8 Å². The molecule has 3 rings (SSSR count). The normalized spacial score (nSPS) is 30.8. The molecule has 1 aromatic heterocycles. The lowest BCUT2D eigenvalue weighted by molar-refractivity contribution is 0.373.